The molecule has 0 aromatic heterocycles. The highest BCUT2D eigenvalue weighted by molar-refractivity contribution is 14.0. The summed E-state index contributed by atoms with van der Waals surface area (Å²) in [5.41, 5.74) is 2.73. The molecule has 2 aliphatic heterocycles. The first kappa shape index (κ1) is 22.4. The number of hydrogen-bond donors (Lipinski definition) is 1. The molecule has 0 saturated carbocycles. The lowest BCUT2D eigenvalue weighted by Crippen LogP contribution is -2.48. The van der Waals surface area contributed by atoms with Crippen molar-refractivity contribution in [2.45, 2.75) is 38.6 Å². The van der Waals surface area contributed by atoms with E-state index < -0.39 is 0 Å². The molecule has 1 aromatic carbocycles. The fraction of sp³-hybridized carbons (Fsp3) is 0.667. The summed E-state index contributed by atoms with van der Waals surface area (Å²) in [7, 11) is 1.89. The van der Waals surface area contributed by atoms with Crippen LogP contribution in [0, 0.1) is 6.92 Å². The number of nitrogens with one attached hydrogen (secondary N) is 1. The number of aryl methyl sites for hydroxylation is 1. The number of rotatable bonds is 4. The SMILES string of the molecule is CN=C(NCC(C)(C)c1ccc(C)cc1)N1CCC(N2CCOCC2)C1.I. The predicted octanol–water partition coefficient (Wildman–Crippen LogP) is 2.87. The Labute approximate surface area is 181 Å². The van der Waals surface area contributed by atoms with Gasteiger partial charge in [-0.2, -0.15) is 0 Å². The van der Waals surface area contributed by atoms with Crippen molar-refractivity contribution < 1.29 is 4.74 Å². The van der Waals surface area contributed by atoms with E-state index >= 15 is 0 Å². The van der Waals surface area contributed by atoms with Crippen LogP contribution in [-0.4, -0.2) is 74.8 Å². The molecule has 1 aromatic rings. The zero-order valence-electron chi connectivity index (χ0n) is 17.2. The van der Waals surface area contributed by atoms with Crippen LogP contribution in [0.15, 0.2) is 29.3 Å². The largest absolute Gasteiger partial charge is 0.379 e. The van der Waals surface area contributed by atoms with Gasteiger partial charge in [0.05, 0.1) is 13.2 Å². The van der Waals surface area contributed by atoms with E-state index in [2.05, 4.69) is 65.1 Å². The molecular weight excluding hydrogens is 451 g/mol. The van der Waals surface area contributed by atoms with Crippen molar-refractivity contribution >= 4 is 29.9 Å². The molecule has 2 aliphatic rings. The molecule has 1 unspecified atom stereocenters. The molecule has 0 amide bonds. The second-order valence-electron chi connectivity index (χ2n) is 8.19. The molecule has 152 valence electrons. The lowest BCUT2D eigenvalue weighted by molar-refractivity contribution is 0.0195. The first-order valence-corrected chi connectivity index (χ1v) is 9.84. The van der Waals surface area contributed by atoms with Crippen LogP contribution in [0.4, 0.5) is 0 Å². The first-order valence-electron chi connectivity index (χ1n) is 9.84. The van der Waals surface area contributed by atoms with E-state index in [-0.39, 0.29) is 29.4 Å². The van der Waals surface area contributed by atoms with Crippen molar-refractivity contribution in [1.82, 2.24) is 15.1 Å². The summed E-state index contributed by atoms with van der Waals surface area (Å²) in [5.74, 6) is 1.03. The van der Waals surface area contributed by atoms with Crippen LogP contribution < -0.4 is 5.32 Å². The first-order chi connectivity index (χ1) is 12.5. The molecule has 1 atom stereocenters. The quantitative estimate of drug-likeness (QED) is 0.404. The van der Waals surface area contributed by atoms with Gasteiger partial charge in [0.1, 0.15) is 0 Å². The summed E-state index contributed by atoms with van der Waals surface area (Å²) >= 11 is 0. The predicted molar refractivity (Wildman–Crippen MR) is 123 cm³/mol. The molecule has 2 fully saturated rings. The minimum atomic E-state index is 0. The van der Waals surface area contributed by atoms with Gasteiger partial charge in [-0.15, -0.1) is 24.0 Å². The number of benzene rings is 1. The number of halogens is 1. The van der Waals surface area contributed by atoms with Crippen LogP contribution in [0.2, 0.25) is 0 Å². The third-order valence-corrected chi connectivity index (χ3v) is 5.76. The average molecular weight is 486 g/mol. The van der Waals surface area contributed by atoms with Gasteiger partial charge in [0.2, 0.25) is 0 Å². The van der Waals surface area contributed by atoms with Crippen molar-refractivity contribution in [3.8, 4) is 0 Å². The van der Waals surface area contributed by atoms with E-state index in [1.807, 2.05) is 7.05 Å². The minimum Gasteiger partial charge on any atom is -0.379 e. The molecule has 2 heterocycles. The topological polar surface area (TPSA) is 40.1 Å². The van der Waals surface area contributed by atoms with E-state index in [0.29, 0.717) is 6.04 Å². The fourth-order valence-corrected chi connectivity index (χ4v) is 3.91. The smallest absolute Gasteiger partial charge is 0.193 e. The maximum atomic E-state index is 5.49. The average Bonchev–Trinajstić information content (AvgIpc) is 3.13. The molecule has 6 heteroatoms. The third-order valence-electron chi connectivity index (χ3n) is 5.76. The highest BCUT2D eigenvalue weighted by Crippen LogP contribution is 2.23. The van der Waals surface area contributed by atoms with Crippen LogP contribution in [0.3, 0.4) is 0 Å². The summed E-state index contributed by atoms with van der Waals surface area (Å²) in [6, 6.07) is 9.50. The zero-order valence-corrected chi connectivity index (χ0v) is 19.5. The fourth-order valence-electron chi connectivity index (χ4n) is 3.91. The van der Waals surface area contributed by atoms with Crippen molar-refractivity contribution in [3.63, 3.8) is 0 Å². The molecule has 0 bridgehead atoms. The summed E-state index contributed by atoms with van der Waals surface area (Å²) in [5, 5.41) is 3.62. The Hall–Kier alpha value is -0.860. The lowest BCUT2D eigenvalue weighted by atomic mass is 9.84. The number of nitrogens with zero attached hydrogens (tertiary/aromatic N) is 3. The van der Waals surface area contributed by atoms with E-state index in [0.717, 1.165) is 51.9 Å². The van der Waals surface area contributed by atoms with E-state index in [1.165, 1.54) is 17.5 Å². The van der Waals surface area contributed by atoms with Gasteiger partial charge in [-0.05, 0) is 18.9 Å². The number of hydrogen-bond acceptors (Lipinski definition) is 3. The number of morpholine rings is 1. The Morgan fingerprint density at radius 3 is 2.48 bits per heavy atom. The lowest BCUT2D eigenvalue weighted by Gasteiger charge is -2.33. The molecule has 1 N–H and O–H groups in total. The standard InChI is InChI=1S/C21H34N4O.HI/c1-17-5-7-18(8-6-17)21(2,3)16-23-20(22-4)25-10-9-19(15-25)24-11-13-26-14-12-24;/h5-8,19H,9-16H2,1-4H3,(H,22,23);1H. The third kappa shape index (κ3) is 5.81. The molecule has 3 rings (SSSR count). The van der Waals surface area contributed by atoms with Crippen molar-refractivity contribution in [2.75, 3.05) is 53.0 Å². The van der Waals surface area contributed by atoms with Crippen molar-refractivity contribution in [3.05, 3.63) is 35.4 Å². The summed E-state index contributed by atoms with van der Waals surface area (Å²) < 4.78 is 5.49. The summed E-state index contributed by atoms with van der Waals surface area (Å²) in [4.78, 5) is 9.53. The molecule has 0 radical (unpaired) electrons. The second kappa shape index (κ2) is 10.1. The van der Waals surface area contributed by atoms with Gasteiger partial charge in [0.25, 0.3) is 0 Å². The van der Waals surface area contributed by atoms with Crippen LogP contribution in [0.1, 0.15) is 31.4 Å². The Morgan fingerprint density at radius 1 is 1.19 bits per heavy atom. The molecule has 0 aliphatic carbocycles. The summed E-state index contributed by atoms with van der Waals surface area (Å²) in [6.45, 7) is 13.6. The maximum Gasteiger partial charge on any atom is 0.193 e. The number of likely N-dealkylation sites (tertiary alicyclic amines) is 1. The van der Waals surface area contributed by atoms with Gasteiger partial charge < -0.3 is 15.0 Å². The van der Waals surface area contributed by atoms with Gasteiger partial charge in [0, 0.05) is 51.2 Å². The van der Waals surface area contributed by atoms with Crippen molar-refractivity contribution in [2.24, 2.45) is 4.99 Å². The normalized spacial score (nSPS) is 21.9. The Kier molecular flexibility index (Phi) is 8.37. The Morgan fingerprint density at radius 2 is 1.85 bits per heavy atom. The highest BCUT2D eigenvalue weighted by atomic mass is 127. The van der Waals surface area contributed by atoms with Crippen LogP contribution in [-0.2, 0) is 10.2 Å². The van der Waals surface area contributed by atoms with E-state index in [4.69, 9.17) is 4.74 Å². The highest BCUT2D eigenvalue weighted by Gasteiger charge is 2.31. The molecule has 0 spiro atoms. The van der Waals surface area contributed by atoms with Crippen molar-refractivity contribution in [1.29, 1.82) is 0 Å². The number of ether oxygens (including phenoxy) is 1. The number of guanidine groups is 1. The molecule has 5 nitrogen and oxygen atoms in total. The van der Waals surface area contributed by atoms with Crippen LogP contribution in [0.25, 0.3) is 0 Å². The Balaban J connectivity index is 0.00000261. The number of aliphatic imine (C=N–C) groups is 1. The van der Waals surface area contributed by atoms with Gasteiger partial charge in [-0.1, -0.05) is 43.7 Å². The monoisotopic (exact) mass is 486 g/mol. The van der Waals surface area contributed by atoms with Crippen LogP contribution in [0.5, 0.6) is 0 Å². The maximum absolute atomic E-state index is 5.49. The van der Waals surface area contributed by atoms with E-state index in [1.54, 1.807) is 0 Å². The Bertz CT molecular complexity index is 611. The van der Waals surface area contributed by atoms with Gasteiger partial charge in [-0.25, -0.2) is 0 Å². The molecule has 2 saturated heterocycles. The van der Waals surface area contributed by atoms with Gasteiger partial charge in [0.15, 0.2) is 5.96 Å². The minimum absolute atomic E-state index is 0. The summed E-state index contributed by atoms with van der Waals surface area (Å²) in [6.07, 6.45) is 1.21. The second-order valence-corrected chi connectivity index (χ2v) is 8.19. The van der Waals surface area contributed by atoms with Crippen LogP contribution >= 0.6 is 24.0 Å². The van der Waals surface area contributed by atoms with Gasteiger partial charge in [-0.3, -0.25) is 9.89 Å². The molecular formula is C21H35IN4O. The molecule has 27 heavy (non-hydrogen) atoms. The van der Waals surface area contributed by atoms with Gasteiger partial charge >= 0.3 is 0 Å². The zero-order chi connectivity index (χ0) is 18.6. The van der Waals surface area contributed by atoms with E-state index in [9.17, 15) is 0 Å².